The summed E-state index contributed by atoms with van der Waals surface area (Å²) in [5.41, 5.74) is 0.278. The Morgan fingerprint density at radius 1 is 1.33 bits per heavy atom. The molecular weight excluding hydrogens is 261 g/mol. The van der Waals surface area contributed by atoms with Gasteiger partial charge in [0.2, 0.25) is 10.0 Å². The number of hydrogen-bond acceptors (Lipinski definition) is 4. The average Bonchev–Trinajstić information content (AvgIpc) is 2.28. The molecule has 0 radical (unpaired) electrons. The minimum absolute atomic E-state index is 0.120. The maximum Gasteiger partial charge on any atom is 0.323 e. The van der Waals surface area contributed by atoms with Crippen molar-refractivity contribution in [2.75, 3.05) is 23.7 Å². The van der Waals surface area contributed by atoms with E-state index in [1.807, 2.05) is 0 Å². The quantitative estimate of drug-likeness (QED) is 0.756. The molecule has 1 aromatic rings. The van der Waals surface area contributed by atoms with Crippen LogP contribution in [0.1, 0.15) is 6.92 Å². The summed E-state index contributed by atoms with van der Waals surface area (Å²) in [7, 11) is -2.52. The maximum absolute atomic E-state index is 12.7. The molecule has 18 heavy (non-hydrogen) atoms. The topological polar surface area (TPSA) is 63.7 Å². The highest BCUT2D eigenvalue weighted by atomic mass is 32.2. The Balaban J connectivity index is 2.85. The van der Waals surface area contributed by atoms with E-state index in [4.69, 9.17) is 0 Å². The highest BCUT2D eigenvalue weighted by molar-refractivity contribution is 7.93. The van der Waals surface area contributed by atoms with Gasteiger partial charge in [0.25, 0.3) is 0 Å². The van der Waals surface area contributed by atoms with E-state index in [0.717, 1.165) is 16.4 Å². The van der Waals surface area contributed by atoms with Gasteiger partial charge in [0.05, 0.1) is 12.3 Å². The first-order valence-corrected chi connectivity index (χ1v) is 6.85. The summed E-state index contributed by atoms with van der Waals surface area (Å²) in [6.45, 7) is 1.71. The molecule has 0 spiro atoms. The zero-order chi connectivity index (χ0) is 13.8. The number of hydrogen-bond donors (Lipinski definition) is 0. The predicted octanol–water partition coefficient (Wildman–Crippen LogP) is 1.15. The molecule has 1 rings (SSSR count). The van der Waals surface area contributed by atoms with E-state index < -0.39 is 27.6 Å². The molecule has 0 N–H and O–H groups in total. The molecule has 0 aliphatic carbocycles. The Labute approximate surface area is 105 Å². The Hall–Kier alpha value is -1.63. The van der Waals surface area contributed by atoms with Crippen molar-refractivity contribution < 1.29 is 22.3 Å². The Kier molecular flexibility index (Phi) is 4.66. The van der Waals surface area contributed by atoms with Crippen LogP contribution in [0, 0.1) is 5.82 Å². The molecule has 0 aliphatic heterocycles. The largest absolute Gasteiger partial charge is 0.465 e. The standard InChI is InChI=1S/C11H14FNO4S/c1-3-17-11(14)8-18(15,16)13(2)10-6-4-9(12)5-7-10/h4-7H,3,8H2,1-2H3. The van der Waals surface area contributed by atoms with E-state index in [0.29, 0.717) is 0 Å². The van der Waals surface area contributed by atoms with E-state index in [1.165, 1.54) is 19.2 Å². The molecule has 100 valence electrons. The van der Waals surface area contributed by atoms with Crippen molar-refractivity contribution in [3.05, 3.63) is 30.1 Å². The molecule has 0 heterocycles. The molecule has 0 saturated heterocycles. The summed E-state index contributed by atoms with van der Waals surface area (Å²) in [6.07, 6.45) is 0. The minimum Gasteiger partial charge on any atom is -0.465 e. The van der Waals surface area contributed by atoms with Crippen LogP contribution in [0.15, 0.2) is 24.3 Å². The number of esters is 1. The van der Waals surface area contributed by atoms with Crippen LogP contribution in [0.25, 0.3) is 0 Å². The maximum atomic E-state index is 12.7. The fourth-order valence-electron chi connectivity index (χ4n) is 1.26. The van der Waals surface area contributed by atoms with E-state index in [9.17, 15) is 17.6 Å². The molecule has 7 heteroatoms. The smallest absolute Gasteiger partial charge is 0.323 e. The van der Waals surface area contributed by atoms with Crippen LogP contribution in [-0.2, 0) is 19.6 Å². The fraction of sp³-hybridized carbons (Fsp3) is 0.364. The van der Waals surface area contributed by atoms with Gasteiger partial charge in [0, 0.05) is 7.05 Å². The number of ether oxygens (including phenoxy) is 1. The van der Waals surface area contributed by atoms with Gasteiger partial charge >= 0.3 is 5.97 Å². The Bertz CT molecular complexity index is 512. The molecule has 1 aromatic carbocycles. The first kappa shape index (κ1) is 14.4. The number of carbonyl (C=O) groups is 1. The molecule has 0 aliphatic rings. The molecule has 0 atom stereocenters. The number of nitrogens with zero attached hydrogens (tertiary/aromatic N) is 1. The van der Waals surface area contributed by atoms with Crippen LogP contribution >= 0.6 is 0 Å². The second-order valence-electron chi connectivity index (χ2n) is 3.51. The molecule has 0 bridgehead atoms. The summed E-state index contributed by atoms with van der Waals surface area (Å²) in [5.74, 6) is -2.02. The highest BCUT2D eigenvalue weighted by Crippen LogP contribution is 2.16. The van der Waals surface area contributed by atoms with Crippen LogP contribution in [0.2, 0.25) is 0 Å². The van der Waals surface area contributed by atoms with Crippen molar-refractivity contribution in [1.82, 2.24) is 0 Å². The third-order valence-corrected chi connectivity index (χ3v) is 3.86. The molecule has 0 saturated carbocycles. The second-order valence-corrected chi connectivity index (χ2v) is 5.51. The third-order valence-electron chi connectivity index (χ3n) is 2.21. The van der Waals surface area contributed by atoms with E-state index >= 15 is 0 Å². The predicted molar refractivity (Wildman–Crippen MR) is 65.2 cm³/mol. The number of carbonyl (C=O) groups excluding carboxylic acids is 1. The number of benzene rings is 1. The zero-order valence-electron chi connectivity index (χ0n) is 10.1. The second kappa shape index (κ2) is 5.81. The van der Waals surface area contributed by atoms with Crippen molar-refractivity contribution >= 4 is 21.7 Å². The third kappa shape index (κ3) is 3.69. The monoisotopic (exact) mass is 275 g/mol. The van der Waals surface area contributed by atoms with Gasteiger partial charge < -0.3 is 4.74 Å². The highest BCUT2D eigenvalue weighted by Gasteiger charge is 2.23. The van der Waals surface area contributed by atoms with Crippen molar-refractivity contribution in [3.63, 3.8) is 0 Å². The van der Waals surface area contributed by atoms with Gasteiger partial charge in [-0.3, -0.25) is 9.10 Å². The van der Waals surface area contributed by atoms with Crippen molar-refractivity contribution in [3.8, 4) is 0 Å². The molecule has 5 nitrogen and oxygen atoms in total. The lowest BCUT2D eigenvalue weighted by molar-refractivity contribution is -0.139. The Morgan fingerprint density at radius 2 is 1.89 bits per heavy atom. The van der Waals surface area contributed by atoms with Gasteiger partial charge in [-0.25, -0.2) is 12.8 Å². The molecule has 0 aromatic heterocycles. The van der Waals surface area contributed by atoms with Gasteiger partial charge in [-0.05, 0) is 31.2 Å². The summed E-state index contributed by atoms with van der Waals surface area (Å²) >= 11 is 0. The Morgan fingerprint density at radius 3 is 2.39 bits per heavy atom. The summed E-state index contributed by atoms with van der Waals surface area (Å²) in [5, 5.41) is 0. The van der Waals surface area contributed by atoms with E-state index in [1.54, 1.807) is 6.92 Å². The molecule has 0 fully saturated rings. The number of halogens is 1. The zero-order valence-corrected chi connectivity index (χ0v) is 10.9. The molecule has 0 unspecified atom stereocenters. The molecule has 0 amide bonds. The van der Waals surface area contributed by atoms with E-state index in [2.05, 4.69) is 4.74 Å². The van der Waals surface area contributed by atoms with Crippen LogP contribution in [-0.4, -0.2) is 33.8 Å². The lowest BCUT2D eigenvalue weighted by atomic mass is 10.3. The van der Waals surface area contributed by atoms with Crippen molar-refractivity contribution in [2.24, 2.45) is 0 Å². The summed E-state index contributed by atoms with van der Waals surface area (Å²) in [4.78, 5) is 11.2. The number of rotatable bonds is 5. The van der Waals surface area contributed by atoms with Crippen molar-refractivity contribution in [2.45, 2.75) is 6.92 Å². The van der Waals surface area contributed by atoms with Gasteiger partial charge in [-0.2, -0.15) is 0 Å². The van der Waals surface area contributed by atoms with Crippen LogP contribution in [0.5, 0.6) is 0 Å². The van der Waals surface area contributed by atoms with Crippen molar-refractivity contribution in [1.29, 1.82) is 0 Å². The lowest BCUT2D eigenvalue weighted by Crippen LogP contribution is -2.33. The number of sulfonamides is 1. The van der Waals surface area contributed by atoms with E-state index in [-0.39, 0.29) is 12.3 Å². The van der Waals surface area contributed by atoms with Crippen LogP contribution in [0.4, 0.5) is 10.1 Å². The first-order valence-electron chi connectivity index (χ1n) is 5.24. The van der Waals surface area contributed by atoms with Gasteiger partial charge in [-0.15, -0.1) is 0 Å². The average molecular weight is 275 g/mol. The number of anilines is 1. The normalized spacial score (nSPS) is 11.1. The summed E-state index contributed by atoms with van der Waals surface area (Å²) in [6, 6.07) is 4.92. The fourth-order valence-corrected chi connectivity index (χ4v) is 2.28. The van der Waals surface area contributed by atoms with Gasteiger partial charge in [-0.1, -0.05) is 0 Å². The van der Waals surface area contributed by atoms with Crippen LogP contribution in [0.3, 0.4) is 0 Å². The van der Waals surface area contributed by atoms with Gasteiger partial charge in [0.1, 0.15) is 5.82 Å². The minimum atomic E-state index is -3.81. The summed E-state index contributed by atoms with van der Waals surface area (Å²) < 4.78 is 41.9. The SMILES string of the molecule is CCOC(=O)CS(=O)(=O)N(C)c1ccc(F)cc1. The molecular formula is C11H14FNO4S. The van der Waals surface area contributed by atoms with Gasteiger partial charge in [0.15, 0.2) is 5.75 Å². The lowest BCUT2D eigenvalue weighted by Gasteiger charge is -2.18. The first-order chi connectivity index (χ1) is 8.36. The van der Waals surface area contributed by atoms with Crippen LogP contribution < -0.4 is 4.31 Å².